The standard InChI is InChI=1S/C17H24N2O5/c1-5-19(9-8-17(22)24-11-12(2)20)15-10-14(18-13(3)21)6-7-16(15)23-4/h6-7,10H,5,8-9,11H2,1-4H3,(H,18,21). The van der Waals surface area contributed by atoms with Gasteiger partial charge < -0.3 is 19.7 Å². The van der Waals surface area contributed by atoms with Crippen LogP contribution in [-0.4, -0.2) is 44.5 Å². The molecule has 1 N–H and O–H groups in total. The largest absolute Gasteiger partial charge is 0.495 e. The number of rotatable bonds is 9. The molecule has 132 valence electrons. The van der Waals surface area contributed by atoms with Crippen LogP contribution in [0.3, 0.4) is 0 Å². The van der Waals surface area contributed by atoms with Crippen LogP contribution in [0.4, 0.5) is 11.4 Å². The summed E-state index contributed by atoms with van der Waals surface area (Å²) in [7, 11) is 1.56. The monoisotopic (exact) mass is 336 g/mol. The van der Waals surface area contributed by atoms with Crippen LogP contribution < -0.4 is 15.0 Å². The van der Waals surface area contributed by atoms with E-state index in [0.29, 0.717) is 24.5 Å². The fourth-order valence-electron chi connectivity index (χ4n) is 2.15. The minimum absolute atomic E-state index is 0.147. The molecule has 7 nitrogen and oxygen atoms in total. The average Bonchev–Trinajstić information content (AvgIpc) is 2.53. The summed E-state index contributed by atoms with van der Waals surface area (Å²) in [6, 6.07) is 5.31. The zero-order valence-corrected chi connectivity index (χ0v) is 14.5. The first-order valence-corrected chi connectivity index (χ1v) is 7.73. The van der Waals surface area contributed by atoms with Crippen LogP contribution in [0.25, 0.3) is 0 Å². The molecule has 0 radical (unpaired) electrons. The number of carbonyl (C=O) groups is 3. The minimum atomic E-state index is -0.430. The quantitative estimate of drug-likeness (QED) is 0.694. The van der Waals surface area contributed by atoms with Crippen LogP contribution in [0, 0.1) is 0 Å². The van der Waals surface area contributed by atoms with Crippen molar-refractivity contribution in [2.24, 2.45) is 0 Å². The molecule has 0 aliphatic rings. The lowest BCUT2D eigenvalue weighted by atomic mass is 10.2. The van der Waals surface area contributed by atoms with E-state index >= 15 is 0 Å². The van der Waals surface area contributed by atoms with Crippen LogP contribution in [0.1, 0.15) is 27.2 Å². The number of carbonyl (C=O) groups excluding carboxylic acids is 3. The van der Waals surface area contributed by atoms with Crippen LogP contribution in [0.15, 0.2) is 18.2 Å². The molecule has 0 atom stereocenters. The molecule has 0 aliphatic carbocycles. The third kappa shape index (κ3) is 6.28. The molecule has 0 unspecified atom stereocenters. The number of anilines is 2. The van der Waals surface area contributed by atoms with Gasteiger partial charge in [0.25, 0.3) is 0 Å². The summed E-state index contributed by atoms with van der Waals surface area (Å²) in [4.78, 5) is 35.7. The van der Waals surface area contributed by atoms with E-state index in [0.717, 1.165) is 5.69 Å². The van der Waals surface area contributed by atoms with Crippen molar-refractivity contribution in [1.29, 1.82) is 0 Å². The maximum Gasteiger partial charge on any atom is 0.308 e. The Labute approximate surface area is 141 Å². The van der Waals surface area contributed by atoms with Gasteiger partial charge in [-0.05, 0) is 32.0 Å². The molecular formula is C17H24N2O5. The van der Waals surface area contributed by atoms with Crippen molar-refractivity contribution in [2.45, 2.75) is 27.2 Å². The first kappa shape index (κ1) is 19.5. The summed E-state index contributed by atoms with van der Waals surface area (Å²) in [5, 5.41) is 2.72. The van der Waals surface area contributed by atoms with Crippen molar-refractivity contribution in [3.8, 4) is 5.75 Å². The molecular weight excluding hydrogens is 312 g/mol. The van der Waals surface area contributed by atoms with Gasteiger partial charge in [-0.1, -0.05) is 0 Å². The second-order valence-electron chi connectivity index (χ2n) is 5.26. The molecule has 0 aromatic heterocycles. The number of nitrogens with one attached hydrogen (secondary N) is 1. The van der Waals surface area contributed by atoms with Crippen LogP contribution in [0.5, 0.6) is 5.75 Å². The first-order valence-electron chi connectivity index (χ1n) is 7.73. The molecule has 0 heterocycles. The van der Waals surface area contributed by atoms with Gasteiger partial charge in [-0.25, -0.2) is 0 Å². The molecule has 0 fully saturated rings. The number of nitrogens with zero attached hydrogens (tertiary/aromatic N) is 1. The zero-order valence-electron chi connectivity index (χ0n) is 14.5. The van der Waals surface area contributed by atoms with E-state index in [1.807, 2.05) is 11.8 Å². The molecule has 0 spiro atoms. The molecule has 0 bridgehead atoms. The zero-order chi connectivity index (χ0) is 18.1. The van der Waals surface area contributed by atoms with E-state index in [-0.39, 0.29) is 24.7 Å². The summed E-state index contributed by atoms with van der Waals surface area (Å²) in [6.45, 7) is 5.60. The highest BCUT2D eigenvalue weighted by atomic mass is 16.5. The average molecular weight is 336 g/mol. The van der Waals surface area contributed by atoms with Crippen molar-refractivity contribution in [3.05, 3.63) is 18.2 Å². The predicted molar refractivity (Wildman–Crippen MR) is 91.4 cm³/mol. The molecule has 7 heteroatoms. The van der Waals surface area contributed by atoms with Crippen molar-refractivity contribution >= 4 is 29.0 Å². The Morgan fingerprint density at radius 1 is 1.21 bits per heavy atom. The summed E-state index contributed by atoms with van der Waals surface area (Å²) >= 11 is 0. The highest BCUT2D eigenvalue weighted by molar-refractivity contribution is 5.89. The van der Waals surface area contributed by atoms with Crippen molar-refractivity contribution in [2.75, 3.05) is 37.0 Å². The number of amides is 1. The lowest BCUT2D eigenvalue weighted by molar-refractivity contribution is -0.147. The van der Waals surface area contributed by atoms with E-state index in [2.05, 4.69) is 5.32 Å². The van der Waals surface area contributed by atoms with Gasteiger partial charge in [0.1, 0.15) is 12.4 Å². The summed E-state index contributed by atoms with van der Waals surface area (Å²) in [6.07, 6.45) is 0.147. The van der Waals surface area contributed by atoms with Gasteiger partial charge in [0.2, 0.25) is 5.91 Å². The molecule has 1 aromatic carbocycles. The smallest absolute Gasteiger partial charge is 0.308 e. The number of esters is 1. The summed E-state index contributed by atoms with van der Waals surface area (Å²) in [5.41, 5.74) is 1.42. The van der Waals surface area contributed by atoms with Crippen molar-refractivity contribution in [1.82, 2.24) is 0 Å². The van der Waals surface area contributed by atoms with E-state index < -0.39 is 5.97 Å². The predicted octanol–water partition coefficient (Wildman–Crippen LogP) is 2.00. The molecule has 0 saturated heterocycles. The van der Waals surface area contributed by atoms with Crippen molar-refractivity contribution < 1.29 is 23.9 Å². The van der Waals surface area contributed by atoms with Gasteiger partial charge in [-0.2, -0.15) is 0 Å². The number of ketones is 1. The topological polar surface area (TPSA) is 84.9 Å². The van der Waals surface area contributed by atoms with Gasteiger partial charge in [-0.15, -0.1) is 0 Å². The first-order chi connectivity index (χ1) is 11.4. The minimum Gasteiger partial charge on any atom is -0.495 e. The van der Waals surface area contributed by atoms with Crippen LogP contribution in [-0.2, 0) is 19.1 Å². The van der Waals surface area contributed by atoms with E-state index in [4.69, 9.17) is 9.47 Å². The summed E-state index contributed by atoms with van der Waals surface area (Å²) in [5.74, 6) is -0.147. The second kappa shape index (κ2) is 9.54. The van der Waals surface area contributed by atoms with Gasteiger partial charge in [0, 0.05) is 25.7 Å². The molecule has 24 heavy (non-hydrogen) atoms. The maximum atomic E-state index is 11.7. The van der Waals surface area contributed by atoms with Crippen LogP contribution in [0.2, 0.25) is 0 Å². The number of hydrogen-bond acceptors (Lipinski definition) is 6. The molecule has 0 saturated carbocycles. The lowest BCUT2D eigenvalue weighted by Gasteiger charge is -2.25. The van der Waals surface area contributed by atoms with Gasteiger partial charge >= 0.3 is 5.97 Å². The normalized spacial score (nSPS) is 10.0. The highest BCUT2D eigenvalue weighted by Crippen LogP contribution is 2.31. The fourth-order valence-corrected chi connectivity index (χ4v) is 2.15. The van der Waals surface area contributed by atoms with Crippen LogP contribution >= 0.6 is 0 Å². The Morgan fingerprint density at radius 3 is 2.46 bits per heavy atom. The SMILES string of the molecule is CCN(CCC(=O)OCC(C)=O)c1cc(NC(C)=O)ccc1OC. The highest BCUT2D eigenvalue weighted by Gasteiger charge is 2.14. The number of methoxy groups -OCH3 is 1. The van der Waals surface area contributed by atoms with E-state index in [9.17, 15) is 14.4 Å². The van der Waals surface area contributed by atoms with E-state index in [1.54, 1.807) is 25.3 Å². The molecule has 1 aromatic rings. The lowest BCUT2D eigenvalue weighted by Crippen LogP contribution is -2.27. The third-order valence-corrected chi connectivity index (χ3v) is 3.24. The second-order valence-corrected chi connectivity index (χ2v) is 5.26. The number of ether oxygens (including phenoxy) is 2. The number of benzene rings is 1. The van der Waals surface area contributed by atoms with E-state index in [1.165, 1.54) is 13.8 Å². The Bertz CT molecular complexity index is 601. The van der Waals surface area contributed by atoms with Gasteiger partial charge in [-0.3, -0.25) is 14.4 Å². The van der Waals surface area contributed by atoms with Gasteiger partial charge in [0.05, 0.1) is 19.2 Å². The Balaban J connectivity index is 2.83. The molecule has 1 rings (SSSR count). The fraction of sp³-hybridized carbons (Fsp3) is 0.471. The molecule has 1 amide bonds. The Kier molecular flexibility index (Phi) is 7.74. The van der Waals surface area contributed by atoms with Gasteiger partial charge in [0.15, 0.2) is 5.78 Å². The third-order valence-electron chi connectivity index (χ3n) is 3.24. The Morgan fingerprint density at radius 2 is 1.92 bits per heavy atom. The summed E-state index contributed by atoms with van der Waals surface area (Å²) < 4.78 is 10.2. The molecule has 0 aliphatic heterocycles. The number of Topliss-reactive ketones (excluding diaryl/α,β-unsaturated/α-hetero) is 1. The Hall–Kier alpha value is -2.57. The number of hydrogen-bond donors (Lipinski definition) is 1. The van der Waals surface area contributed by atoms with Crippen molar-refractivity contribution in [3.63, 3.8) is 0 Å². The maximum absolute atomic E-state index is 11.7.